The standard InChI is InChI=1S/C7H9N5O2/c8-4-3-2(5(9)13)1-14-6(3)12-7(10)11-4/h1,4H,8H2,(H2,9,13)(H3,10,11,12). The fourth-order valence-corrected chi connectivity index (χ4v) is 1.31. The Morgan fingerprint density at radius 2 is 2.36 bits per heavy atom. The number of fused-ring (bicyclic) bond motifs is 1. The lowest BCUT2D eigenvalue weighted by Gasteiger charge is -2.18. The zero-order valence-electron chi connectivity index (χ0n) is 7.15. The quantitative estimate of drug-likeness (QED) is 0.450. The van der Waals surface area contributed by atoms with Gasteiger partial charge >= 0.3 is 0 Å². The number of carbonyl (C=O) groups is 1. The first-order chi connectivity index (χ1) is 6.59. The number of nitrogens with two attached hydrogens (primary N) is 3. The molecule has 1 aromatic rings. The maximum Gasteiger partial charge on any atom is 0.252 e. The number of guanidine groups is 1. The second kappa shape index (κ2) is 2.74. The van der Waals surface area contributed by atoms with Gasteiger partial charge in [0.25, 0.3) is 5.91 Å². The van der Waals surface area contributed by atoms with E-state index in [2.05, 4.69) is 10.3 Å². The molecule has 1 aliphatic rings. The summed E-state index contributed by atoms with van der Waals surface area (Å²) in [6.45, 7) is 0. The van der Waals surface area contributed by atoms with E-state index >= 15 is 0 Å². The number of amides is 1. The number of nitrogens with one attached hydrogen (secondary N) is 1. The molecular formula is C7H9N5O2. The van der Waals surface area contributed by atoms with Crippen LogP contribution >= 0.6 is 0 Å². The molecule has 1 aromatic heterocycles. The smallest absolute Gasteiger partial charge is 0.252 e. The monoisotopic (exact) mass is 195 g/mol. The van der Waals surface area contributed by atoms with Gasteiger partial charge in [0.15, 0.2) is 5.96 Å². The van der Waals surface area contributed by atoms with E-state index in [1.54, 1.807) is 0 Å². The van der Waals surface area contributed by atoms with Crippen LogP contribution in [0.2, 0.25) is 0 Å². The van der Waals surface area contributed by atoms with Gasteiger partial charge in [-0.15, -0.1) is 0 Å². The van der Waals surface area contributed by atoms with Gasteiger partial charge in [-0.1, -0.05) is 0 Å². The molecule has 1 atom stereocenters. The summed E-state index contributed by atoms with van der Waals surface area (Å²) in [5.41, 5.74) is 16.9. The number of rotatable bonds is 1. The Labute approximate surface area is 78.9 Å². The largest absolute Gasteiger partial charge is 0.445 e. The molecule has 0 spiro atoms. The summed E-state index contributed by atoms with van der Waals surface area (Å²) in [6, 6.07) is 0. The zero-order valence-corrected chi connectivity index (χ0v) is 7.15. The molecule has 14 heavy (non-hydrogen) atoms. The second-order valence-corrected chi connectivity index (χ2v) is 2.85. The Morgan fingerprint density at radius 3 is 3.00 bits per heavy atom. The van der Waals surface area contributed by atoms with Crippen molar-refractivity contribution >= 4 is 17.8 Å². The summed E-state index contributed by atoms with van der Waals surface area (Å²) in [5, 5.41) is 2.65. The van der Waals surface area contributed by atoms with Gasteiger partial charge in [-0.05, 0) is 0 Å². The number of nitrogens with zero attached hydrogens (tertiary/aromatic N) is 1. The third-order valence-electron chi connectivity index (χ3n) is 1.91. The summed E-state index contributed by atoms with van der Waals surface area (Å²) < 4.78 is 5.00. The molecule has 7 heteroatoms. The van der Waals surface area contributed by atoms with Gasteiger partial charge in [0.2, 0.25) is 5.88 Å². The van der Waals surface area contributed by atoms with Crippen LogP contribution in [0.1, 0.15) is 22.1 Å². The van der Waals surface area contributed by atoms with Crippen LogP contribution in [-0.2, 0) is 0 Å². The fraction of sp³-hybridized carbons (Fsp3) is 0.143. The second-order valence-electron chi connectivity index (χ2n) is 2.85. The van der Waals surface area contributed by atoms with Crippen LogP contribution in [0, 0.1) is 0 Å². The fourth-order valence-electron chi connectivity index (χ4n) is 1.31. The third kappa shape index (κ3) is 1.11. The molecule has 0 aromatic carbocycles. The maximum atomic E-state index is 11.0. The number of hydrogen-bond donors (Lipinski definition) is 4. The Bertz CT molecular complexity index is 422. The lowest BCUT2D eigenvalue weighted by molar-refractivity contribution is 0.0998. The van der Waals surface area contributed by atoms with Crippen molar-refractivity contribution in [1.29, 1.82) is 0 Å². The first kappa shape index (κ1) is 8.57. The van der Waals surface area contributed by atoms with E-state index in [4.69, 9.17) is 21.6 Å². The molecule has 0 aliphatic carbocycles. The Balaban J connectivity index is 2.58. The van der Waals surface area contributed by atoms with Crippen LogP contribution in [0.5, 0.6) is 0 Å². The molecular weight excluding hydrogens is 186 g/mol. The SMILES string of the molecule is NC(=O)c1coc2c1C(N)NC(N)=N2. The van der Waals surface area contributed by atoms with Gasteiger partial charge in [-0.2, -0.15) is 4.99 Å². The van der Waals surface area contributed by atoms with Crippen molar-refractivity contribution in [3.8, 4) is 0 Å². The van der Waals surface area contributed by atoms with Crippen molar-refractivity contribution in [3.05, 3.63) is 17.4 Å². The summed E-state index contributed by atoms with van der Waals surface area (Å²) in [4.78, 5) is 14.8. The molecule has 2 rings (SSSR count). The van der Waals surface area contributed by atoms with Crippen molar-refractivity contribution in [2.45, 2.75) is 6.17 Å². The highest BCUT2D eigenvalue weighted by atomic mass is 16.3. The molecule has 0 bridgehead atoms. The highest BCUT2D eigenvalue weighted by Crippen LogP contribution is 2.31. The van der Waals surface area contributed by atoms with Gasteiger partial charge in [-0.25, -0.2) is 0 Å². The van der Waals surface area contributed by atoms with Crippen LogP contribution in [0.15, 0.2) is 15.7 Å². The maximum absolute atomic E-state index is 11.0. The minimum Gasteiger partial charge on any atom is -0.445 e. The van der Waals surface area contributed by atoms with Crippen molar-refractivity contribution in [1.82, 2.24) is 5.32 Å². The topological polar surface area (TPSA) is 133 Å². The Kier molecular flexibility index (Phi) is 1.68. The lowest BCUT2D eigenvalue weighted by Crippen LogP contribution is -2.41. The van der Waals surface area contributed by atoms with Gasteiger partial charge in [0.1, 0.15) is 12.4 Å². The summed E-state index contributed by atoms with van der Waals surface area (Å²) in [5.74, 6) is -0.235. The molecule has 1 unspecified atom stereocenters. The molecule has 74 valence electrons. The van der Waals surface area contributed by atoms with Crippen LogP contribution in [0.4, 0.5) is 5.88 Å². The van der Waals surface area contributed by atoms with Gasteiger partial charge in [0, 0.05) is 0 Å². The molecule has 7 nitrogen and oxygen atoms in total. The summed E-state index contributed by atoms with van der Waals surface area (Å²) >= 11 is 0. The highest BCUT2D eigenvalue weighted by molar-refractivity contribution is 5.96. The van der Waals surface area contributed by atoms with Crippen molar-refractivity contribution in [2.75, 3.05) is 0 Å². The molecule has 2 heterocycles. The summed E-state index contributed by atoms with van der Waals surface area (Å²) in [7, 11) is 0. The molecule has 0 radical (unpaired) electrons. The van der Waals surface area contributed by atoms with E-state index in [9.17, 15) is 4.79 Å². The van der Waals surface area contributed by atoms with Crippen LogP contribution in [0.25, 0.3) is 0 Å². The Morgan fingerprint density at radius 1 is 1.64 bits per heavy atom. The van der Waals surface area contributed by atoms with E-state index < -0.39 is 12.1 Å². The first-order valence-electron chi connectivity index (χ1n) is 3.87. The van der Waals surface area contributed by atoms with Crippen LogP contribution < -0.4 is 22.5 Å². The van der Waals surface area contributed by atoms with Gasteiger partial charge < -0.3 is 26.9 Å². The zero-order chi connectivity index (χ0) is 10.3. The first-order valence-corrected chi connectivity index (χ1v) is 3.87. The van der Waals surface area contributed by atoms with Gasteiger partial charge in [-0.3, -0.25) is 4.79 Å². The molecule has 0 fully saturated rings. The average Bonchev–Trinajstić information content (AvgIpc) is 2.47. The predicted octanol–water partition coefficient (Wildman–Crippen LogP) is -1.11. The molecule has 0 saturated carbocycles. The van der Waals surface area contributed by atoms with E-state index in [1.807, 2.05) is 0 Å². The minimum absolute atomic E-state index is 0.148. The molecule has 1 amide bonds. The van der Waals surface area contributed by atoms with E-state index in [1.165, 1.54) is 6.26 Å². The number of furan rings is 1. The van der Waals surface area contributed by atoms with E-state index in [0.717, 1.165) is 0 Å². The van der Waals surface area contributed by atoms with Gasteiger partial charge in [0.05, 0.1) is 11.1 Å². The number of aliphatic imine (C=N–C) groups is 1. The number of hydrogen-bond acceptors (Lipinski definition) is 6. The molecule has 0 saturated heterocycles. The number of carbonyl (C=O) groups excluding carboxylic acids is 1. The van der Waals surface area contributed by atoms with Crippen molar-refractivity contribution in [2.24, 2.45) is 22.2 Å². The van der Waals surface area contributed by atoms with E-state index in [0.29, 0.717) is 5.56 Å². The normalized spacial score (nSPS) is 19.5. The predicted molar refractivity (Wildman–Crippen MR) is 48.6 cm³/mol. The molecule has 7 N–H and O–H groups in total. The van der Waals surface area contributed by atoms with Crippen molar-refractivity contribution in [3.63, 3.8) is 0 Å². The lowest BCUT2D eigenvalue weighted by atomic mass is 10.1. The van der Waals surface area contributed by atoms with E-state index in [-0.39, 0.29) is 17.4 Å². The summed E-state index contributed by atoms with van der Waals surface area (Å²) in [6.07, 6.45) is 0.597. The minimum atomic E-state index is -0.622. The van der Waals surface area contributed by atoms with Crippen molar-refractivity contribution < 1.29 is 9.21 Å². The number of primary amides is 1. The van der Waals surface area contributed by atoms with Crippen LogP contribution in [0.3, 0.4) is 0 Å². The van der Waals surface area contributed by atoms with Crippen LogP contribution in [-0.4, -0.2) is 11.9 Å². The molecule has 1 aliphatic heterocycles. The third-order valence-corrected chi connectivity index (χ3v) is 1.91. The average molecular weight is 195 g/mol. The highest BCUT2D eigenvalue weighted by Gasteiger charge is 2.26. The Hall–Kier alpha value is -2.02.